The highest BCUT2D eigenvalue weighted by Crippen LogP contribution is 2.45. The molecule has 0 bridgehead atoms. The normalized spacial score (nSPS) is 13.1. The van der Waals surface area contributed by atoms with Gasteiger partial charge in [-0.1, -0.05) is 0 Å². The minimum absolute atomic E-state index is 0.330. The van der Waals surface area contributed by atoms with Crippen LogP contribution in [-0.2, 0) is 0 Å². The van der Waals surface area contributed by atoms with E-state index in [2.05, 4.69) is 9.97 Å². The van der Waals surface area contributed by atoms with E-state index in [1.165, 1.54) is 0 Å². The number of H-pyrrole nitrogens is 1. The highest BCUT2D eigenvalue weighted by atomic mass is 19.4. The molecule has 2 heterocycles. The van der Waals surface area contributed by atoms with Crippen LogP contribution in [0.1, 0.15) is 22.1 Å². The van der Waals surface area contributed by atoms with Crippen LogP contribution in [0.3, 0.4) is 0 Å². The Morgan fingerprint density at radius 3 is 2.24 bits per heavy atom. The number of halogens is 6. The third kappa shape index (κ3) is 2.90. The van der Waals surface area contributed by atoms with Gasteiger partial charge in [0.1, 0.15) is 5.82 Å². The first-order valence-corrected chi connectivity index (χ1v) is 5.22. The Labute approximate surface area is 111 Å². The lowest BCUT2D eigenvalue weighted by Gasteiger charge is -2.20. The number of aromatic nitrogens is 3. The van der Waals surface area contributed by atoms with E-state index in [1.54, 1.807) is 0 Å². The molecule has 11 heteroatoms. The third-order valence-corrected chi connectivity index (χ3v) is 2.53. The molecule has 114 valence electrons. The van der Waals surface area contributed by atoms with E-state index < -0.39 is 41.3 Å². The number of nitrogens with one attached hydrogen (secondary N) is 1. The van der Waals surface area contributed by atoms with Crippen molar-refractivity contribution >= 4 is 17.1 Å². The summed E-state index contributed by atoms with van der Waals surface area (Å²) in [5.41, 5.74) is -1.16. The van der Waals surface area contributed by atoms with E-state index in [1.807, 2.05) is 4.98 Å². The zero-order chi connectivity index (χ0) is 16.0. The first-order chi connectivity index (χ1) is 9.50. The maximum atomic E-state index is 12.5. The van der Waals surface area contributed by atoms with E-state index in [9.17, 15) is 31.1 Å². The molecule has 0 saturated carbocycles. The van der Waals surface area contributed by atoms with Crippen LogP contribution in [0.15, 0.2) is 12.3 Å². The maximum absolute atomic E-state index is 12.5. The van der Waals surface area contributed by atoms with E-state index in [-0.39, 0.29) is 5.52 Å². The molecule has 0 aliphatic carbocycles. The second-order valence-electron chi connectivity index (χ2n) is 4.04. The second-order valence-corrected chi connectivity index (χ2v) is 4.04. The van der Waals surface area contributed by atoms with Crippen LogP contribution in [-0.4, -0.2) is 38.4 Å². The van der Waals surface area contributed by atoms with E-state index in [0.29, 0.717) is 0 Å². The molecule has 0 fully saturated rings. The third-order valence-electron chi connectivity index (χ3n) is 2.53. The minimum Gasteiger partial charge on any atom is -0.478 e. The minimum atomic E-state index is -5.60. The van der Waals surface area contributed by atoms with Crippen molar-refractivity contribution in [2.24, 2.45) is 0 Å². The summed E-state index contributed by atoms with van der Waals surface area (Å²) in [5, 5.41) is 8.68. The number of carboxylic acid groups (broad SMARTS) is 1. The highest BCUT2D eigenvalue weighted by molar-refractivity contribution is 5.90. The lowest BCUT2D eigenvalue weighted by atomic mass is 10.1. The van der Waals surface area contributed by atoms with Gasteiger partial charge >= 0.3 is 18.3 Å². The Hall–Kier alpha value is -2.33. The summed E-state index contributed by atoms with van der Waals surface area (Å²) in [7, 11) is 0. The molecule has 0 atom stereocenters. The molecule has 0 saturated heterocycles. The maximum Gasteiger partial charge on any atom is 0.407 e. The van der Waals surface area contributed by atoms with E-state index >= 15 is 0 Å². The largest absolute Gasteiger partial charge is 0.478 e. The smallest absolute Gasteiger partial charge is 0.407 e. The number of imidazole rings is 1. The first-order valence-electron chi connectivity index (χ1n) is 5.22. The van der Waals surface area contributed by atoms with Crippen LogP contribution in [0, 0.1) is 0 Å². The molecule has 0 unspecified atom stereocenters. The molecule has 5 nitrogen and oxygen atoms in total. The lowest BCUT2D eigenvalue weighted by Crippen LogP contribution is -2.34. The summed E-state index contributed by atoms with van der Waals surface area (Å²) in [6.45, 7) is 0. The monoisotopic (exact) mass is 313 g/mol. The van der Waals surface area contributed by atoms with Gasteiger partial charge in [-0.3, -0.25) is 0 Å². The number of fused-ring (bicyclic) bond motifs is 1. The fourth-order valence-electron chi connectivity index (χ4n) is 1.67. The van der Waals surface area contributed by atoms with Crippen molar-refractivity contribution in [3.05, 3.63) is 23.7 Å². The molecule has 2 aromatic heterocycles. The Kier molecular flexibility index (Phi) is 3.30. The summed E-state index contributed by atoms with van der Waals surface area (Å²) in [6, 6.07) is 0.852. The van der Waals surface area contributed by atoms with Crippen LogP contribution < -0.4 is 0 Å². The predicted molar refractivity (Wildman–Crippen MR) is 55.7 cm³/mol. The summed E-state index contributed by atoms with van der Waals surface area (Å²) >= 11 is 0. The summed E-state index contributed by atoms with van der Waals surface area (Å²) < 4.78 is 75.3. The fourth-order valence-corrected chi connectivity index (χ4v) is 1.67. The second kappa shape index (κ2) is 4.60. The van der Waals surface area contributed by atoms with Gasteiger partial charge in [0.05, 0.1) is 11.1 Å². The highest BCUT2D eigenvalue weighted by Gasteiger charge is 2.59. The standard InChI is InChI=1S/C10H5F6N3O2/c11-9(12,13)5(10(14,15)16)7-18-4-1-3(8(20)21)2-17-6(4)19-7/h1-2,5H,(H,20,21)(H,17,18,19). The van der Waals surface area contributed by atoms with Crippen molar-refractivity contribution in [2.75, 3.05) is 0 Å². The van der Waals surface area contributed by atoms with Crippen molar-refractivity contribution in [1.82, 2.24) is 15.0 Å². The fraction of sp³-hybridized carbons (Fsp3) is 0.300. The summed E-state index contributed by atoms with van der Waals surface area (Å²) in [5.74, 6) is -6.61. The number of nitrogens with zero attached hydrogens (tertiary/aromatic N) is 2. The van der Waals surface area contributed by atoms with E-state index in [0.717, 1.165) is 12.3 Å². The van der Waals surface area contributed by atoms with Gasteiger partial charge in [0.2, 0.25) is 5.92 Å². The number of alkyl halides is 6. The topological polar surface area (TPSA) is 78.9 Å². The van der Waals surface area contributed by atoms with Crippen molar-refractivity contribution < 1.29 is 36.2 Å². The number of carboxylic acids is 1. The number of aromatic amines is 1. The average molecular weight is 313 g/mol. The number of carbonyl (C=O) groups is 1. The van der Waals surface area contributed by atoms with Gasteiger partial charge in [-0.15, -0.1) is 0 Å². The molecule has 0 aliphatic rings. The summed E-state index contributed by atoms with van der Waals surface area (Å²) in [4.78, 5) is 19.1. The van der Waals surface area contributed by atoms with Crippen molar-refractivity contribution in [3.8, 4) is 0 Å². The Morgan fingerprint density at radius 1 is 1.19 bits per heavy atom. The van der Waals surface area contributed by atoms with E-state index in [4.69, 9.17) is 5.11 Å². The zero-order valence-electron chi connectivity index (χ0n) is 9.75. The van der Waals surface area contributed by atoms with Gasteiger partial charge in [0.15, 0.2) is 5.65 Å². The van der Waals surface area contributed by atoms with Gasteiger partial charge < -0.3 is 10.1 Å². The summed E-state index contributed by atoms with van der Waals surface area (Å²) in [6.07, 6.45) is -10.4. The number of hydrogen-bond donors (Lipinski definition) is 2. The molecular weight excluding hydrogens is 308 g/mol. The van der Waals surface area contributed by atoms with Crippen LogP contribution in [0.4, 0.5) is 26.3 Å². The number of rotatable bonds is 2. The van der Waals surface area contributed by atoms with Crippen LogP contribution in [0.25, 0.3) is 11.2 Å². The Bertz CT molecular complexity index is 676. The molecule has 0 spiro atoms. The van der Waals surface area contributed by atoms with Crippen molar-refractivity contribution in [1.29, 1.82) is 0 Å². The quantitative estimate of drug-likeness (QED) is 0.836. The molecule has 0 aliphatic heterocycles. The van der Waals surface area contributed by atoms with Gasteiger partial charge in [0, 0.05) is 6.20 Å². The predicted octanol–water partition coefficient (Wildman–Crippen LogP) is 2.86. The number of aromatic carboxylic acids is 1. The first kappa shape index (κ1) is 15.1. The van der Waals surface area contributed by atoms with Gasteiger partial charge in [-0.25, -0.2) is 14.8 Å². The molecule has 0 amide bonds. The van der Waals surface area contributed by atoms with Crippen LogP contribution >= 0.6 is 0 Å². The van der Waals surface area contributed by atoms with Crippen LogP contribution in [0.2, 0.25) is 0 Å². The molecule has 2 N–H and O–H groups in total. The average Bonchev–Trinajstić information content (AvgIpc) is 2.65. The van der Waals surface area contributed by atoms with Gasteiger partial charge in [-0.05, 0) is 6.07 Å². The van der Waals surface area contributed by atoms with Crippen molar-refractivity contribution in [2.45, 2.75) is 18.3 Å². The molecular formula is C10H5F6N3O2. The van der Waals surface area contributed by atoms with Gasteiger partial charge in [-0.2, -0.15) is 26.3 Å². The number of pyridine rings is 1. The Balaban J connectivity index is 2.57. The lowest BCUT2D eigenvalue weighted by molar-refractivity contribution is -0.255. The van der Waals surface area contributed by atoms with Crippen molar-refractivity contribution in [3.63, 3.8) is 0 Å². The molecule has 2 aromatic rings. The zero-order valence-corrected chi connectivity index (χ0v) is 9.75. The molecule has 2 rings (SSSR count). The molecule has 21 heavy (non-hydrogen) atoms. The molecule has 0 aromatic carbocycles. The number of hydrogen-bond acceptors (Lipinski definition) is 3. The Morgan fingerprint density at radius 2 is 1.76 bits per heavy atom. The van der Waals surface area contributed by atoms with Crippen LogP contribution in [0.5, 0.6) is 0 Å². The van der Waals surface area contributed by atoms with Gasteiger partial charge in [0.25, 0.3) is 0 Å². The molecule has 0 radical (unpaired) electrons. The SMILES string of the molecule is O=C(O)c1cnc2nc(C(C(F)(F)F)C(F)(F)F)[nH]c2c1.